The Kier molecular flexibility index (Phi) is 9.60. The van der Waals surface area contributed by atoms with Gasteiger partial charge in [-0.25, -0.2) is 4.98 Å². The van der Waals surface area contributed by atoms with Gasteiger partial charge in [-0.1, -0.05) is 11.6 Å². The first kappa shape index (κ1) is 26.3. The largest absolute Gasteiger partial charge is 0.352 e. The molecule has 1 aliphatic heterocycles. The third-order valence-electron chi connectivity index (χ3n) is 6.45. The Morgan fingerprint density at radius 1 is 1.35 bits per heavy atom. The number of piperidine rings is 1. The van der Waals surface area contributed by atoms with Crippen LogP contribution < -0.4 is 10.6 Å². The van der Waals surface area contributed by atoms with E-state index in [0.717, 1.165) is 43.5 Å². The van der Waals surface area contributed by atoms with Crippen molar-refractivity contribution in [3.05, 3.63) is 50.4 Å². The Bertz CT molecular complexity index is 1010. The van der Waals surface area contributed by atoms with Gasteiger partial charge < -0.3 is 15.5 Å². The number of nitriles is 1. The topological polar surface area (TPSA) is 98.1 Å². The van der Waals surface area contributed by atoms with E-state index in [0.29, 0.717) is 29.0 Å². The number of pyridine rings is 1. The van der Waals surface area contributed by atoms with Crippen molar-refractivity contribution in [1.82, 2.24) is 20.5 Å². The molecule has 182 valence electrons. The summed E-state index contributed by atoms with van der Waals surface area (Å²) in [7, 11) is 0. The zero-order valence-electron chi connectivity index (χ0n) is 19.9. The monoisotopic (exact) mass is 501 g/mol. The second kappa shape index (κ2) is 12.4. The summed E-state index contributed by atoms with van der Waals surface area (Å²) in [5, 5.41) is 19.8. The molecule has 2 N–H and O–H groups in total. The maximum atomic E-state index is 12.6. The van der Waals surface area contributed by atoms with E-state index in [2.05, 4.69) is 27.4 Å². The lowest BCUT2D eigenvalue weighted by molar-refractivity contribution is -0.120. The summed E-state index contributed by atoms with van der Waals surface area (Å²) in [4.78, 5) is 31.7. The van der Waals surface area contributed by atoms with Crippen molar-refractivity contribution in [1.29, 1.82) is 5.26 Å². The Hall–Kier alpha value is -2.31. The van der Waals surface area contributed by atoms with Crippen LogP contribution in [-0.4, -0.2) is 53.3 Å². The first-order valence-corrected chi connectivity index (χ1v) is 13.0. The molecule has 1 fully saturated rings. The van der Waals surface area contributed by atoms with Crippen LogP contribution in [0.5, 0.6) is 0 Å². The molecule has 1 amide bonds. The molecule has 0 spiro atoms. The molecule has 0 saturated carbocycles. The molecule has 2 aromatic heterocycles. The van der Waals surface area contributed by atoms with Gasteiger partial charge in [0.05, 0.1) is 29.8 Å². The summed E-state index contributed by atoms with van der Waals surface area (Å²) in [6.45, 7) is 8.29. The third-order valence-corrected chi connectivity index (χ3v) is 7.34. The number of thiophene rings is 1. The highest BCUT2D eigenvalue weighted by Crippen LogP contribution is 2.23. The van der Waals surface area contributed by atoms with Crippen LogP contribution in [0.3, 0.4) is 0 Å². The number of carbonyl (C=O) groups is 2. The van der Waals surface area contributed by atoms with Gasteiger partial charge in [0.15, 0.2) is 5.78 Å². The van der Waals surface area contributed by atoms with Gasteiger partial charge in [-0.05, 0) is 87.1 Å². The maximum absolute atomic E-state index is 12.6. The lowest BCUT2D eigenvalue weighted by Gasteiger charge is -2.37. The van der Waals surface area contributed by atoms with Crippen LogP contribution in [0.4, 0.5) is 0 Å². The number of hydrogen-bond donors (Lipinski definition) is 2. The second-order valence-corrected chi connectivity index (χ2v) is 10.1. The fourth-order valence-electron chi connectivity index (χ4n) is 4.53. The van der Waals surface area contributed by atoms with Crippen molar-refractivity contribution < 1.29 is 9.59 Å². The lowest BCUT2D eigenvalue weighted by Crippen LogP contribution is -2.48. The molecule has 2 atom stereocenters. The number of carbonyl (C=O) groups excluding carboxylic acids is 2. The van der Waals surface area contributed by atoms with E-state index in [1.165, 1.54) is 0 Å². The molecule has 2 aromatic rings. The Balaban J connectivity index is 1.45. The van der Waals surface area contributed by atoms with Crippen molar-refractivity contribution >= 4 is 34.6 Å². The molecular formula is C25H32ClN5O2S. The molecule has 9 heteroatoms. The van der Waals surface area contributed by atoms with Gasteiger partial charge in [-0.3, -0.25) is 9.59 Å². The van der Waals surface area contributed by atoms with Crippen LogP contribution in [-0.2, 0) is 4.79 Å². The second-order valence-electron chi connectivity index (χ2n) is 8.88. The van der Waals surface area contributed by atoms with Gasteiger partial charge in [-0.15, -0.1) is 0 Å². The number of Topliss-reactive ketones (excluding diaryl/α,β-unsaturated/α-hetero) is 1. The zero-order valence-corrected chi connectivity index (χ0v) is 21.5. The van der Waals surface area contributed by atoms with Gasteiger partial charge in [0, 0.05) is 18.6 Å². The first-order valence-electron chi connectivity index (χ1n) is 11.6. The van der Waals surface area contributed by atoms with Crippen LogP contribution in [0.1, 0.15) is 65.8 Å². The SMILES string of the molecule is Cc1cc(Cl)nc(C)c1C(=O)NCC[C@@H](C)N1CCC(NC(C(=O)CC#N)c2ccsc2)CC1. The van der Waals surface area contributed by atoms with Crippen molar-refractivity contribution in [2.24, 2.45) is 0 Å². The number of likely N-dealkylation sites (tertiary alicyclic amines) is 1. The first-order chi connectivity index (χ1) is 16.3. The molecule has 34 heavy (non-hydrogen) atoms. The molecule has 3 heterocycles. The summed E-state index contributed by atoms with van der Waals surface area (Å²) >= 11 is 7.53. The fourth-order valence-corrected chi connectivity index (χ4v) is 5.51. The summed E-state index contributed by atoms with van der Waals surface area (Å²) < 4.78 is 0. The molecular weight excluding hydrogens is 470 g/mol. The van der Waals surface area contributed by atoms with E-state index in [9.17, 15) is 9.59 Å². The molecule has 1 unspecified atom stereocenters. The average molecular weight is 502 g/mol. The predicted octanol–water partition coefficient (Wildman–Crippen LogP) is 4.20. The third kappa shape index (κ3) is 6.86. The van der Waals surface area contributed by atoms with Crippen LogP contribution in [0.2, 0.25) is 5.15 Å². The molecule has 0 aromatic carbocycles. The lowest BCUT2D eigenvalue weighted by atomic mass is 9.98. The van der Waals surface area contributed by atoms with Crippen molar-refractivity contribution in [3.63, 3.8) is 0 Å². The number of ketones is 1. The van der Waals surface area contributed by atoms with E-state index in [1.807, 2.05) is 29.8 Å². The summed E-state index contributed by atoms with van der Waals surface area (Å²) in [6, 6.07) is 5.80. The van der Waals surface area contributed by atoms with Gasteiger partial charge >= 0.3 is 0 Å². The zero-order chi connectivity index (χ0) is 24.7. The van der Waals surface area contributed by atoms with Crippen LogP contribution >= 0.6 is 22.9 Å². The highest BCUT2D eigenvalue weighted by Gasteiger charge is 2.28. The molecule has 0 radical (unpaired) electrons. The van der Waals surface area contributed by atoms with E-state index >= 15 is 0 Å². The quantitative estimate of drug-likeness (QED) is 0.473. The van der Waals surface area contributed by atoms with Gasteiger partial charge in [0.25, 0.3) is 5.91 Å². The number of rotatable bonds is 10. The highest BCUT2D eigenvalue weighted by molar-refractivity contribution is 7.08. The van der Waals surface area contributed by atoms with E-state index in [1.54, 1.807) is 24.3 Å². The molecule has 3 rings (SSSR count). The number of aryl methyl sites for hydroxylation is 2. The van der Waals surface area contributed by atoms with Crippen molar-refractivity contribution in [2.75, 3.05) is 19.6 Å². The van der Waals surface area contributed by atoms with E-state index in [4.69, 9.17) is 16.9 Å². The number of amides is 1. The van der Waals surface area contributed by atoms with Gasteiger partial charge in [-0.2, -0.15) is 16.6 Å². The standard InChI is InChI=1S/C25H32ClN5O2S/c1-16-14-22(26)29-18(3)23(16)25(33)28-10-5-17(2)31-11-6-20(7-12-31)30-24(21(32)4-9-27)19-8-13-34-15-19/h8,13-15,17,20,24,30H,4-7,10-12H2,1-3H3,(H,28,33)/t17-,24?/m1/s1. The minimum Gasteiger partial charge on any atom is -0.352 e. The minimum absolute atomic E-state index is 0.0752. The smallest absolute Gasteiger partial charge is 0.253 e. The van der Waals surface area contributed by atoms with Gasteiger partial charge in [0.2, 0.25) is 0 Å². The summed E-state index contributed by atoms with van der Waals surface area (Å²) in [5.41, 5.74) is 3.00. The van der Waals surface area contributed by atoms with E-state index < -0.39 is 6.04 Å². The predicted molar refractivity (Wildman–Crippen MR) is 135 cm³/mol. The van der Waals surface area contributed by atoms with Crippen LogP contribution in [0.15, 0.2) is 22.9 Å². The van der Waals surface area contributed by atoms with Crippen molar-refractivity contribution in [2.45, 2.75) is 64.6 Å². The van der Waals surface area contributed by atoms with Crippen LogP contribution in [0.25, 0.3) is 0 Å². The fraction of sp³-hybridized carbons (Fsp3) is 0.520. The Morgan fingerprint density at radius 3 is 2.71 bits per heavy atom. The summed E-state index contributed by atoms with van der Waals surface area (Å²) in [6.07, 6.45) is 2.64. The average Bonchev–Trinajstić information content (AvgIpc) is 3.31. The highest BCUT2D eigenvalue weighted by atomic mass is 35.5. The van der Waals surface area contributed by atoms with E-state index in [-0.39, 0.29) is 24.2 Å². The Labute approximate surface area is 210 Å². The summed E-state index contributed by atoms with van der Waals surface area (Å²) in [5.74, 6) is -0.190. The molecule has 1 saturated heterocycles. The normalized spacial score (nSPS) is 16.6. The van der Waals surface area contributed by atoms with Crippen LogP contribution in [0, 0.1) is 25.2 Å². The molecule has 1 aliphatic rings. The number of nitrogens with one attached hydrogen (secondary N) is 2. The number of aromatic nitrogens is 1. The number of hydrogen-bond acceptors (Lipinski definition) is 7. The molecule has 0 bridgehead atoms. The van der Waals surface area contributed by atoms with Gasteiger partial charge in [0.1, 0.15) is 5.15 Å². The number of nitrogens with zero attached hydrogens (tertiary/aromatic N) is 3. The molecule has 0 aliphatic carbocycles. The van der Waals surface area contributed by atoms with Crippen molar-refractivity contribution in [3.8, 4) is 6.07 Å². The number of halogens is 1. The Morgan fingerprint density at radius 2 is 2.09 bits per heavy atom. The maximum Gasteiger partial charge on any atom is 0.253 e. The molecule has 7 nitrogen and oxygen atoms in total. The minimum atomic E-state index is -0.413.